The van der Waals surface area contributed by atoms with Crippen LogP contribution in [0.15, 0.2) is 23.1 Å². The van der Waals surface area contributed by atoms with E-state index >= 15 is 0 Å². The highest BCUT2D eigenvalue weighted by Crippen LogP contribution is 2.18. The zero-order valence-corrected chi connectivity index (χ0v) is 7.97. The number of aryl methyl sites for hydroxylation is 1. The van der Waals surface area contributed by atoms with Gasteiger partial charge < -0.3 is 0 Å². The molecule has 71 valence electrons. The molecular formula is C8H10NO3S. The van der Waals surface area contributed by atoms with Gasteiger partial charge in [0.05, 0.1) is 4.90 Å². The van der Waals surface area contributed by atoms with Gasteiger partial charge in [-0.25, -0.2) is 18.7 Å². The van der Waals surface area contributed by atoms with Gasteiger partial charge in [0.15, 0.2) is 0 Å². The summed E-state index contributed by atoms with van der Waals surface area (Å²) in [5.41, 5.74) is 0.735. The second kappa shape index (κ2) is 3.45. The van der Waals surface area contributed by atoms with Crippen molar-refractivity contribution >= 4 is 10.0 Å². The highest BCUT2D eigenvalue weighted by molar-refractivity contribution is 7.89. The monoisotopic (exact) mass is 200 g/mol. The van der Waals surface area contributed by atoms with Crippen LogP contribution in [0.25, 0.3) is 0 Å². The molecule has 0 saturated carbocycles. The molecule has 0 spiro atoms. The van der Waals surface area contributed by atoms with E-state index in [1.807, 2.05) is 0 Å². The molecule has 0 aliphatic carbocycles. The minimum absolute atomic E-state index is 0.0370. The average molecular weight is 200 g/mol. The predicted octanol–water partition coefficient (Wildman–Crippen LogP) is 0.573. The van der Waals surface area contributed by atoms with Crippen LogP contribution in [0.1, 0.15) is 11.1 Å². The topological polar surface area (TPSA) is 80.1 Å². The molecule has 0 heterocycles. The molecule has 0 atom stereocenters. The first-order chi connectivity index (χ1) is 5.96. The first-order valence-corrected chi connectivity index (χ1v) is 5.21. The van der Waals surface area contributed by atoms with E-state index in [2.05, 4.69) is 0 Å². The molecule has 2 N–H and O–H groups in total. The van der Waals surface area contributed by atoms with Gasteiger partial charge in [-0.2, -0.15) is 0 Å². The summed E-state index contributed by atoms with van der Waals surface area (Å²) in [7, 11) is -3.78. The van der Waals surface area contributed by atoms with Crippen molar-refractivity contribution in [2.75, 3.05) is 0 Å². The average Bonchev–Trinajstić information content (AvgIpc) is 2.01. The Morgan fingerprint density at radius 2 is 2.00 bits per heavy atom. The van der Waals surface area contributed by atoms with Gasteiger partial charge in [0.2, 0.25) is 10.0 Å². The largest absolute Gasteiger partial charge is 0.238 e. The molecule has 0 unspecified atom stereocenters. The second-order valence-corrected chi connectivity index (χ2v) is 4.25. The molecule has 4 nitrogen and oxygen atoms in total. The first kappa shape index (κ1) is 10.2. The Labute approximate surface area is 77.1 Å². The van der Waals surface area contributed by atoms with Gasteiger partial charge in [0.1, 0.15) is 6.61 Å². The number of nitrogens with two attached hydrogens (primary N) is 1. The van der Waals surface area contributed by atoms with Crippen LogP contribution in [-0.2, 0) is 21.7 Å². The maximum Gasteiger partial charge on any atom is 0.238 e. The number of hydrogen-bond donors (Lipinski definition) is 1. The van der Waals surface area contributed by atoms with Crippen molar-refractivity contribution in [3.05, 3.63) is 29.3 Å². The minimum Gasteiger partial charge on any atom is -0.232 e. The molecular weight excluding hydrogens is 190 g/mol. The summed E-state index contributed by atoms with van der Waals surface area (Å²) in [5, 5.41) is 15.6. The van der Waals surface area contributed by atoms with Crippen molar-refractivity contribution in [2.45, 2.75) is 18.4 Å². The van der Waals surface area contributed by atoms with Gasteiger partial charge in [0.25, 0.3) is 0 Å². The van der Waals surface area contributed by atoms with Crippen LogP contribution in [0, 0.1) is 6.92 Å². The van der Waals surface area contributed by atoms with Crippen molar-refractivity contribution in [3.63, 3.8) is 0 Å². The predicted molar refractivity (Wildman–Crippen MR) is 46.9 cm³/mol. The van der Waals surface area contributed by atoms with E-state index in [0.29, 0.717) is 5.56 Å². The van der Waals surface area contributed by atoms with Gasteiger partial charge >= 0.3 is 0 Å². The van der Waals surface area contributed by atoms with Crippen molar-refractivity contribution in [1.29, 1.82) is 0 Å². The Morgan fingerprint density at radius 1 is 1.38 bits per heavy atom. The van der Waals surface area contributed by atoms with E-state index in [0.717, 1.165) is 0 Å². The van der Waals surface area contributed by atoms with Crippen molar-refractivity contribution in [3.8, 4) is 0 Å². The number of primary sulfonamides is 1. The third kappa shape index (κ3) is 2.06. The summed E-state index contributed by atoms with van der Waals surface area (Å²) < 4.78 is 22.1. The van der Waals surface area contributed by atoms with E-state index in [1.54, 1.807) is 19.1 Å². The molecule has 0 aliphatic heterocycles. The molecule has 1 aromatic carbocycles. The molecule has 0 aliphatic rings. The first-order valence-electron chi connectivity index (χ1n) is 3.66. The summed E-state index contributed by atoms with van der Waals surface area (Å²) >= 11 is 0. The molecule has 0 amide bonds. The van der Waals surface area contributed by atoms with E-state index in [1.165, 1.54) is 6.07 Å². The standard InChI is InChI=1S/C8H10NO3S/c1-6-3-2-4-7(5-10)8(6)13(9,11)12/h2-4H,5H2,1H3,(H2,9,11,12). The van der Waals surface area contributed by atoms with Crippen LogP contribution in [-0.4, -0.2) is 8.42 Å². The quantitative estimate of drug-likeness (QED) is 0.757. The van der Waals surface area contributed by atoms with Crippen LogP contribution in [0.3, 0.4) is 0 Å². The van der Waals surface area contributed by atoms with Gasteiger partial charge in [0, 0.05) is 5.56 Å². The lowest BCUT2D eigenvalue weighted by Gasteiger charge is -2.06. The Morgan fingerprint density at radius 3 is 2.38 bits per heavy atom. The highest BCUT2D eigenvalue weighted by atomic mass is 32.2. The van der Waals surface area contributed by atoms with Gasteiger partial charge in [-0.15, -0.1) is 0 Å². The van der Waals surface area contributed by atoms with Gasteiger partial charge in [-0.1, -0.05) is 18.2 Å². The van der Waals surface area contributed by atoms with E-state index in [4.69, 9.17) is 5.14 Å². The lowest BCUT2D eigenvalue weighted by molar-refractivity contribution is 0.175. The summed E-state index contributed by atoms with van der Waals surface area (Å²) in [6.45, 7) is 1.03. The van der Waals surface area contributed by atoms with Crippen molar-refractivity contribution in [2.24, 2.45) is 5.14 Å². The molecule has 1 radical (unpaired) electrons. The maximum atomic E-state index is 11.1. The van der Waals surface area contributed by atoms with Crippen LogP contribution in [0.5, 0.6) is 0 Å². The van der Waals surface area contributed by atoms with E-state index < -0.39 is 16.6 Å². The fraction of sp³-hybridized carbons (Fsp3) is 0.250. The third-order valence-electron chi connectivity index (χ3n) is 1.73. The summed E-state index contributed by atoms with van der Waals surface area (Å²) in [4.78, 5) is -0.0370. The summed E-state index contributed by atoms with van der Waals surface area (Å²) in [6.07, 6.45) is 0. The summed E-state index contributed by atoms with van der Waals surface area (Å²) in [5.74, 6) is 0. The summed E-state index contributed by atoms with van der Waals surface area (Å²) in [6, 6.07) is 4.72. The van der Waals surface area contributed by atoms with Crippen molar-refractivity contribution in [1.82, 2.24) is 0 Å². The second-order valence-electron chi connectivity index (χ2n) is 2.75. The molecule has 1 aromatic rings. The molecule has 0 bridgehead atoms. The number of benzene rings is 1. The highest BCUT2D eigenvalue weighted by Gasteiger charge is 2.15. The smallest absolute Gasteiger partial charge is 0.232 e. The zero-order chi connectivity index (χ0) is 10.1. The minimum atomic E-state index is -3.78. The Balaban J connectivity index is 3.50. The Bertz CT molecular complexity index is 411. The van der Waals surface area contributed by atoms with E-state index in [9.17, 15) is 13.5 Å². The fourth-order valence-corrected chi connectivity index (χ4v) is 2.24. The number of sulfonamides is 1. The Hall–Kier alpha value is -0.910. The van der Waals surface area contributed by atoms with Crippen molar-refractivity contribution < 1.29 is 13.5 Å². The molecule has 13 heavy (non-hydrogen) atoms. The van der Waals surface area contributed by atoms with Gasteiger partial charge in [-0.05, 0) is 12.5 Å². The van der Waals surface area contributed by atoms with Gasteiger partial charge in [-0.3, -0.25) is 0 Å². The molecule has 0 saturated heterocycles. The maximum absolute atomic E-state index is 11.1. The SMILES string of the molecule is Cc1cccc(C[O])c1S(N)(=O)=O. The van der Waals surface area contributed by atoms with Crippen LogP contribution < -0.4 is 5.14 Å². The third-order valence-corrected chi connectivity index (χ3v) is 2.89. The molecule has 0 fully saturated rings. The lowest BCUT2D eigenvalue weighted by atomic mass is 10.1. The normalized spacial score (nSPS) is 11.6. The zero-order valence-electron chi connectivity index (χ0n) is 7.15. The molecule has 1 rings (SSSR count). The van der Waals surface area contributed by atoms with Crippen LogP contribution >= 0.6 is 0 Å². The fourth-order valence-electron chi connectivity index (χ4n) is 1.23. The van der Waals surface area contributed by atoms with Crippen LogP contribution in [0.2, 0.25) is 0 Å². The molecule has 0 aromatic heterocycles. The van der Waals surface area contributed by atoms with E-state index in [-0.39, 0.29) is 10.5 Å². The van der Waals surface area contributed by atoms with Crippen LogP contribution in [0.4, 0.5) is 0 Å². The molecule has 5 heteroatoms. The lowest BCUT2D eigenvalue weighted by Crippen LogP contribution is -2.16. The number of rotatable bonds is 2. The number of hydrogen-bond acceptors (Lipinski definition) is 2. The Kier molecular flexibility index (Phi) is 2.70.